The smallest absolute Gasteiger partial charge is 0.104 e. The molecule has 0 N–H and O–H groups in total. The Labute approximate surface area is 718 Å². The normalized spacial score (nSPS) is 14.7. The SMILES string of the molecule is CCCC(CC)CC(CC)CC(CC(CC)CC)CC(CC(CC(CC)CC)CC(CC)CC)CC(CC(CC(CC(CC(CC)CC)CC(CC)CC)CC(CC(CC)CC)CC(CC)CC)CC(CC(CC(CC)CC)CC(CC)CC)CC(CC(CC)CC)CC(CC)CC)CC(CC)c1ccc(C[N+](C)(C)C)cc1. The minimum atomic E-state index is 0.591. The van der Waals surface area contributed by atoms with Crippen molar-refractivity contribution in [2.45, 2.75) is 520 Å². The standard InChI is InChI=1S/C112H220N/c1-30-56-97(53-24)72-98(54-25)73-105(71-96(51-22)52-23)79-108(78-104(69-94(47-18)48-19)70-95(49-20)50-21)82-110(84-111(55-26)112-59-57-99(58-60-112)85-113(27,28)29)83-109(80-106(74-100(61-86(31-2)32-3)62-87(33-4)34-5)75-101(63-88(35-6)36-7)64-89(37-8)38-9)81-107(76-102(65-90(39-10)40-11)66-91(41-12)42-13)77-103(67-92(43-14)44-15)68-93(45-16)46-17/h57-60,86-98,100-111H,30-56,61-85H2,1-29H3/q+1. The fourth-order valence-electron chi connectivity index (χ4n) is 24.6. The molecule has 6 atom stereocenters. The van der Waals surface area contributed by atoms with Crippen LogP contribution in [0.3, 0.4) is 0 Å². The van der Waals surface area contributed by atoms with Crippen LogP contribution in [0.15, 0.2) is 24.3 Å². The molecule has 0 spiro atoms. The van der Waals surface area contributed by atoms with Crippen molar-refractivity contribution >= 4 is 0 Å². The molecular weight excluding hydrogens is 1360 g/mol. The molecule has 1 aromatic carbocycles. The molecule has 1 heteroatoms. The van der Waals surface area contributed by atoms with Crippen molar-refractivity contribution in [3.05, 3.63) is 35.4 Å². The lowest BCUT2D eigenvalue weighted by Gasteiger charge is -2.39. The van der Waals surface area contributed by atoms with E-state index >= 15 is 0 Å². The summed E-state index contributed by atoms with van der Waals surface area (Å²) in [4.78, 5) is 0. The largest absolute Gasteiger partial charge is 0.327 e. The molecule has 0 radical (unpaired) electrons. The zero-order valence-corrected chi connectivity index (χ0v) is 84.0. The highest BCUT2D eigenvalue weighted by Gasteiger charge is 2.37. The van der Waals surface area contributed by atoms with Crippen LogP contribution in [0.2, 0.25) is 0 Å². The molecular formula is C112H220N+. The number of hydrogen-bond donors (Lipinski definition) is 0. The van der Waals surface area contributed by atoms with Gasteiger partial charge in [0.1, 0.15) is 6.54 Å². The van der Waals surface area contributed by atoms with Crippen molar-refractivity contribution in [2.75, 3.05) is 21.1 Å². The average Bonchev–Trinajstić information content (AvgIpc) is 0.839. The van der Waals surface area contributed by atoms with E-state index in [4.69, 9.17) is 0 Å². The maximum absolute atomic E-state index is 2.68. The maximum Gasteiger partial charge on any atom is 0.104 e. The molecule has 1 aromatic rings. The summed E-state index contributed by atoms with van der Waals surface area (Å²) in [5, 5.41) is 0. The predicted octanol–water partition coefficient (Wildman–Crippen LogP) is 38.2. The molecule has 0 aliphatic carbocycles. The molecule has 1 rings (SSSR count). The first kappa shape index (κ1) is 110. The van der Waals surface area contributed by atoms with Crippen LogP contribution in [0, 0.1) is 142 Å². The van der Waals surface area contributed by atoms with Gasteiger partial charge in [-0.15, -0.1) is 0 Å². The lowest BCUT2D eigenvalue weighted by molar-refractivity contribution is -0.884. The van der Waals surface area contributed by atoms with E-state index in [1.54, 1.807) is 5.56 Å². The Morgan fingerprint density at radius 3 is 0.469 bits per heavy atom. The summed E-state index contributed by atoms with van der Waals surface area (Å²) in [6.07, 6.45) is 71.9. The highest BCUT2D eigenvalue weighted by Crippen LogP contribution is 2.49. The molecule has 0 bridgehead atoms. The molecule has 1 nitrogen and oxygen atoms in total. The van der Waals surface area contributed by atoms with E-state index in [1.165, 1.54) is 333 Å². The van der Waals surface area contributed by atoms with Crippen LogP contribution in [0.4, 0.5) is 0 Å². The van der Waals surface area contributed by atoms with Crippen LogP contribution in [0.5, 0.6) is 0 Å². The Morgan fingerprint density at radius 2 is 0.319 bits per heavy atom. The van der Waals surface area contributed by atoms with Gasteiger partial charge in [0.25, 0.3) is 0 Å². The second-order valence-corrected chi connectivity index (χ2v) is 42.3. The van der Waals surface area contributed by atoms with E-state index in [1.807, 2.05) is 0 Å². The molecule has 0 aliphatic rings. The summed E-state index contributed by atoms with van der Waals surface area (Å²) in [5.74, 6) is 20.5. The van der Waals surface area contributed by atoms with Crippen LogP contribution in [-0.4, -0.2) is 25.6 Å². The summed E-state index contributed by atoms with van der Waals surface area (Å²) in [6.45, 7) is 67.9. The number of quaternary nitrogens is 1. The highest BCUT2D eigenvalue weighted by molar-refractivity contribution is 5.25. The van der Waals surface area contributed by atoms with E-state index in [0.717, 1.165) is 153 Å². The second-order valence-electron chi connectivity index (χ2n) is 42.3. The molecule has 672 valence electrons. The third kappa shape index (κ3) is 47.4. The summed E-state index contributed by atoms with van der Waals surface area (Å²) < 4.78 is 0.980. The third-order valence-electron chi connectivity index (χ3n) is 33.1. The number of hydrogen-bond acceptors (Lipinski definition) is 0. The molecule has 0 amide bonds. The van der Waals surface area contributed by atoms with Gasteiger partial charge in [-0.3, -0.25) is 0 Å². The van der Waals surface area contributed by atoms with Crippen molar-refractivity contribution in [3.63, 3.8) is 0 Å². The van der Waals surface area contributed by atoms with Crippen LogP contribution in [0.1, 0.15) is 525 Å². The van der Waals surface area contributed by atoms with Gasteiger partial charge in [0, 0.05) is 5.56 Å². The van der Waals surface area contributed by atoms with Crippen LogP contribution in [0.25, 0.3) is 0 Å². The topological polar surface area (TPSA) is 0 Å². The van der Waals surface area contributed by atoms with Crippen molar-refractivity contribution in [1.82, 2.24) is 0 Å². The Kier molecular flexibility index (Phi) is 65.1. The fourth-order valence-corrected chi connectivity index (χ4v) is 24.6. The summed E-state index contributed by atoms with van der Waals surface area (Å²) in [6, 6.07) is 10.5. The van der Waals surface area contributed by atoms with Gasteiger partial charge in [-0.2, -0.15) is 0 Å². The lowest BCUT2D eigenvalue weighted by atomic mass is 9.66. The van der Waals surface area contributed by atoms with E-state index in [0.29, 0.717) is 5.92 Å². The summed E-state index contributed by atoms with van der Waals surface area (Å²) in [5.41, 5.74) is 3.17. The Hall–Kier alpha value is -0.820. The summed E-state index contributed by atoms with van der Waals surface area (Å²) in [7, 11) is 7.17. The molecule has 0 aliphatic heterocycles. The fraction of sp³-hybridized carbons (Fsp3) is 0.946. The van der Waals surface area contributed by atoms with Crippen LogP contribution < -0.4 is 0 Å². The number of benzene rings is 1. The predicted molar refractivity (Wildman–Crippen MR) is 518 cm³/mol. The first-order chi connectivity index (χ1) is 54.3. The first-order valence-corrected chi connectivity index (χ1v) is 53.2. The van der Waals surface area contributed by atoms with Gasteiger partial charge in [-0.25, -0.2) is 0 Å². The van der Waals surface area contributed by atoms with E-state index in [2.05, 4.69) is 225 Å². The van der Waals surface area contributed by atoms with Gasteiger partial charge in [0.05, 0.1) is 21.1 Å². The lowest BCUT2D eigenvalue weighted by Crippen LogP contribution is -2.33. The quantitative estimate of drug-likeness (QED) is 0.0570. The zero-order valence-electron chi connectivity index (χ0n) is 84.0. The van der Waals surface area contributed by atoms with Crippen molar-refractivity contribution < 1.29 is 4.48 Å². The van der Waals surface area contributed by atoms with Gasteiger partial charge in [-0.1, -0.05) is 371 Å². The highest BCUT2D eigenvalue weighted by atomic mass is 15.3. The number of rotatable bonds is 78. The molecule has 0 saturated heterocycles. The van der Waals surface area contributed by atoms with Crippen LogP contribution in [-0.2, 0) is 6.54 Å². The monoisotopic (exact) mass is 1580 g/mol. The minimum absolute atomic E-state index is 0.591. The molecule has 113 heavy (non-hydrogen) atoms. The Balaban J connectivity index is 5.44. The maximum atomic E-state index is 2.68. The van der Waals surface area contributed by atoms with Gasteiger partial charge in [0.2, 0.25) is 0 Å². The van der Waals surface area contributed by atoms with Crippen molar-refractivity contribution in [2.24, 2.45) is 142 Å². The molecule has 0 aromatic heterocycles. The molecule has 6 unspecified atom stereocenters. The van der Waals surface area contributed by atoms with E-state index < -0.39 is 0 Å². The number of nitrogens with zero attached hydrogens (tertiary/aromatic N) is 1. The van der Waals surface area contributed by atoms with Crippen LogP contribution >= 0.6 is 0 Å². The van der Waals surface area contributed by atoms with E-state index in [9.17, 15) is 0 Å². The van der Waals surface area contributed by atoms with Gasteiger partial charge in [0.15, 0.2) is 0 Å². The Bertz CT molecular complexity index is 1960. The summed E-state index contributed by atoms with van der Waals surface area (Å²) >= 11 is 0. The minimum Gasteiger partial charge on any atom is -0.327 e. The van der Waals surface area contributed by atoms with Gasteiger partial charge >= 0.3 is 0 Å². The molecule has 0 fully saturated rings. The molecule has 0 saturated carbocycles. The van der Waals surface area contributed by atoms with Crippen molar-refractivity contribution in [3.8, 4) is 0 Å². The molecule has 0 heterocycles. The third-order valence-corrected chi connectivity index (χ3v) is 33.1. The first-order valence-electron chi connectivity index (χ1n) is 53.2. The van der Waals surface area contributed by atoms with Gasteiger partial charge < -0.3 is 4.48 Å². The second kappa shape index (κ2) is 66.8. The van der Waals surface area contributed by atoms with E-state index in [-0.39, 0.29) is 0 Å². The van der Waals surface area contributed by atoms with Gasteiger partial charge in [-0.05, 0) is 314 Å². The van der Waals surface area contributed by atoms with Crippen molar-refractivity contribution in [1.29, 1.82) is 0 Å². The Morgan fingerprint density at radius 1 is 0.168 bits per heavy atom. The average molecular weight is 1580 g/mol. The zero-order chi connectivity index (χ0) is 84.7.